The first-order valence-electron chi connectivity index (χ1n) is 6.72. The van der Waals surface area contributed by atoms with E-state index in [9.17, 15) is 22.4 Å². The Labute approximate surface area is 116 Å². The monoisotopic (exact) mass is 290 g/mol. The van der Waals surface area contributed by atoms with Gasteiger partial charge in [0, 0.05) is 11.5 Å². The van der Waals surface area contributed by atoms with Crippen molar-refractivity contribution in [3.8, 4) is 0 Å². The zero-order chi connectivity index (χ0) is 15.3. The van der Waals surface area contributed by atoms with Gasteiger partial charge in [0.2, 0.25) is 0 Å². The van der Waals surface area contributed by atoms with Gasteiger partial charge in [0.05, 0.1) is 5.56 Å². The molecule has 0 bridgehead atoms. The second kappa shape index (κ2) is 6.86. The summed E-state index contributed by atoms with van der Waals surface area (Å²) in [5.41, 5.74) is -1.45. The fourth-order valence-electron chi connectivity index (χ4n) is 2.10. The molecule has 0 aliphatic heterocycles. The van der Waals surface area contributed by atoms with Gasteiger partial charge in [-0.25, -0.2) is 4.39 Å². The Kier molecular flexibility index (Phi) is 5.72. The van der Waals surface area contributed by atoms with E-state index in [2.05, 4.69) is 0 Å². The van der Waals surface area contributed by atoms with Crippen LogP contribution in [0, 0.1) is 11.7 Å². The second-order valence-electron chi connectivity index (χ2n) is 4.80. The van der Waals surface area contributed by atoms with Crippen molar-refractivity contribution in [1.82, 2.24) is 0 Å². The maximum absolute atomic E-state index is 13.2. The van der Waals surface area contributed by atoms with E-state index in [4.69, 9.17) is 0 Å². The molecule has 0 spiro atoms. The maximum Gasteiger partial charge on any atom is 0.419 e. The van der Waals surface area contributed by atoms with E-state index in [-0.39, 0.29) is 17.3 Å². The molecule has 0 aliphatic carbocycles. The van der Waals surface area contributed by atoms with Crippen LogP contribution in [0.2, 0.25) is 0 Å². The van der Waals surface area contributed by atoms with Crippen molar-refractivity contribution >= 4 is 5.78 Å². The summed E-state index contributed by atoms with van der Waals surface area (Å²) in [4.78, 5) is 12.2. The molecule has 1 aromatic carbocycles. The van der Waals surface area contributed by atoms with Gasteiger partial charge in [0.25, 0.3) is 0 Å². The lowest BCUT2D eigenvalue weighted by Crippen LogP contribution is -2.16. The van der Waals surface area contributed by atoms with Crippen molar-refractivity contribution in [3.05, 3.63) is 35.1 Å². The van der Waals surface area contributed by atoms with Gasteiger partial charge in [-0.05, 0) is 31.0 Å². The first-order valence-corrected chi connectivity index (χ1v) is 6.72. The van der Waals surface area contributed by atoms with Crippen molar-refractivity contribution in [2.75, 3.05) is 0 Å². The lowest BCUT2D eigenvalue weighted by atomic mass is 9.90. The highest BCUT2D eigenvalue weighted by molar-refractivity contribution is 5.98. The molecule has 0 amide bonds. The van der Waals surface area contributed by atoms with Crippen LogP contribution in [0.15, 0.2) is 18.2 Å². The number of carbonyl (C=O) groups excluding carboxylic acids is 1. The third-order valence-corrected chi connectivity index (χ3v) is 3.33. The minimum Gasteiger partial charge on any atom is -0.294 e. The average molecular weight is 290 g/mol. The Morgan fingerprint density at radius 2 is 1.90 bits per heavy atom. The summed E-state index contributed by atoms with van der Waals surface area (Å²) in [6.45, 7) is 3.81. The number of alkyl halides is 3. The molecule has 0 heterocycles. The van der Waals surface area contributed by atoms with Crippen molar-refractivity contribution in [3.63, 3.8) is 0 Å². The van der Waals surface area contributed by atoms with Gasteiger partial charge < -0.3 is 0 Å². The van der Waals surface area contributed by atoms with Crippen molar-refractivity contribution in [1.29, 1.82) is 0 Å². The molecule has 1 rings (SSSR count). The van der Waals surface area contributed by atoms with Crippen LogP contribution < -0.4 is 0 Å². The molecular weight excluding hydrogens is 272 g/mol. The molecule has 112 valence electrons. The van der Waals surface area contributed by atoms with Gasteiger partial charge in [-0.1, -0.05) is 26.7 Å². The highest BCUT2D eigenvalue weighted by Crippen LogP contribution is 2.32. The summed E-state index contributed by atoms with van der Waals surface area (Å²) in [7, 11) is 0. The van der Waals surface area contributed by atoms with Gasteiger partial charge in [-0.15, -0.1) is 0 Å². The SMILES string of the molecule is CCCCC(CC)C(=O)c1ccc(F)c(C(F)(F)F)c1. The molecule has 0 radical (unpaired) electrons. The zero-order valence-corrected chi connectivity index (χ0v) is 11.6. The highest BCUT2D eigenvalue weighted by Gasteiger charge is 2.35. The van der Waals surface area contributed by atoms with Crippen LogP contribution in [-0.4, -0.2) is 5.78 Å². The predicted octanol–water partition coefficient (Wildman–Crippen LogP) is 5.24. The molecule has 5 heteroatoms. The first kappa shape index (κ1) is 16.7. The molecule has 1 nitrogen and oxygen atoms in total. The number of rotatable bonds is 6. The summed E-state index contributed by atoms with van der Waals surface area (Å²) in [6.07, 6.45) is -1.81. The molecule has 1 atom stereocenters. The van der Waals surface area contributed by atoms with Gasteiger partial charge in [-0.3, -0.25) is 4.79 Å². The van der Waals surface area contributed by atoms with Gasteiger partial charge in [-0.2, -0.15) is 13.2 Å². The number of Topliss-reactive ketones (excluding diaryl/α,β-unsaturated/α-hetero) is 1. The van der Waals surface area contributed by atoms with E-state index < -0.39 is 17.6 Å². The van der Waals surface area contributed by atoms with Crippen LogP contribution in [0.1, 0.15) is 55.5 Å². The molecule has 20 heavy (non-hydrogen) atoms. The Hall–Kier alpha value is -1.39. The Balaban J connectivity index is 3.04. The first-order chi connectivity index (χ1) is 9.31. The summed E-state index contributed by atoms with van der Waals surface area (Å²) >= 11 is 0. The summed E-state index contributed by atoms with van der Waals surface area (Å²) in [5, 5.41) is 0. The number of ketones is 1. The molecule has 0 saturated heterocycles. The highest BCUT2D eigenvalue weighted by atomic mass is 19.4. The minimum absolute atomic E-state index is 0.0679. The van der Waals surface area contributed by atoms with Crippen LogP contribution in [0.25, 0.3) is 0 Å². The van der Waals surface area contributed by atoms with Gasteiger partial charge >= 0.3 is 6.18 Å². The number of hydrogen-bond acceptors (Lipinski definition) is 1. The van der Waals surface area contributed by atoms with E-state index in [1.54, 1.807) is 0 Å². The van der Waals surface area contributed by atoms with Crippen LogP contribution in [0.3, 0.4) is 0 Å². The quantitative estimate of drug-likeness (QED) is 0.517. The normalized spacial score (nSPS) is 13.3. The number of benzene rings is 1. The number of unbranched alkanes of at least 4 members (excludes halogenated alkanes) is 1. The van der Waals surface area contributed by atoms with E-state index in [0.717, 1.165) is 18.9 Å². The number of hydrogen-bond donors (Lipinski definition) is 0. The van der Waals surface area contributed by atoms with E-state index in [1.807, 2.05) is 13.8 Å². The Morgan fingerprint density at radius 1 is 1.25 bits per heavy atom. The Morgan fingerprint density at radius 3 is 2.40 bits per heavy atom. The van der Waals surface area contributed by atoms with Crippen LogP contribution in [-0.2, 0) is 6.18 Å². The van der Waals surface area contributed by atoms with Crippen molar-refractivity contribution < 1.29 is 22.4 Å². The van der Waals surface area contributed by atoms with Crippen molar-refractivity contribution in [2.45, 2.75) is 45.7 Å². The molecule has 0 aromatic heterocycles. The van der Waals surface area contributed by atoms with Crippen LogP contribution in [0.5, 0.6) is 0 Å². The van der Waals surface area contributed by atoms with Gasteiger partial charge in [0.15, 0.2) is 5.78 Å². The third kappa shape index (κ3) is 4.05. The van der Waals surface area contributed by atoms with E-state index in [0.29, 0.717) is 25.0 Å². The zero-order valence-electron chi connectivity index (χ0n) is 11.6. The molecule has 1 unspecified atom stereocenters. The molecule has 0 saturated carbocycles. The topological polar surface area (TPSA) is 17.1 Å². The van der Waals surface area contributed by atoms with Crippen molar-refractivity contribution in [2.24, 2.45) is 5.92 Å². The number of carbonyl (C=O) groups is 1. The summed E-state index contributed by atoms with van der Waals surface area (Å²) in [6, 6.07) is 2.45. The molecule has 0 N–H and O–H groups in total. The second-order valence-corrected chi connectivity index (χ2v) is 4.80. The average Bonchev–Trinajstić information content (AvgIpc) is 2.38. The summed E-state index contributed by atoms with van der Waals surface area (Å²) in [5.74, 6) is -2.00. The van der Waals surface area contributed by atoms with Crippen LogP contribution >= 0.6 is 0 Å². The summed E-state index contributed by atoms with van der Waals surface area (Å²) < 4.78 is 51.1. The van der Waals surface area contributed by atoms with E-state index in [1.165, 1.54) is 0 Å². The fraction of sp³-hybridized carbons (Fsp3) is 0.533. The molecule has 0 fully saturated rings. The number of halogens is 4. The predicted molar refractivity (Wildman–Crippen MR) is 69.0 cm³/mol. The standard InChI is InChI=1S/C15H18F4O/c1-3-5-6-10(4-2)14(20)11-7-8-13(16)12(9-11)15(17,18)19/h7-10H,3-6H2,1-2H3. The van der Waals surface area contributed by atoms with E-state index >= 15 is 0 Å². The molecular formula is C15H18F4O. The smallest absolute Gasteiger partial charge is 0.294 e. The minimum atomic E-state index is -4.79. The van der Waals surface area contributed by atoms with Crippen LogP contribution in [0.4, 0.5) is 17.6 Å². The molecule has 1 aromatic rings. The largest absolute Gasteiger partial charge is 0.419 e. The third-order valence-electron chi connectivity index (χ3n) is 3.33. The van der Waals surface area contributed by atoms with Gasteiger partial charge in [0.1, 0.15) is 5.82 Å². The fourth-order valence-corrected chi connectivity index (χ4v) is 2.10. The maximum atomic E-state index is 13.2. The molecule has 0 aliphatic rings. The Bertz CT molecular complexity index is 465. The lowest BCUT2D eigenvalue weighted by Gasteiger charge is -2.15. The lowest BCUT2D eigenvalue weighted by molar-refractivity contribution is -0.140.